The second kappa shape index (κ2) is 8.18. The van der Waals surface area contributed by atoms with Gasteiger partial charge in [-0.15, -0.1) is 0 Å². The number of carbonyl (C=O) groups is 3. The number of hydrogen-bond donors (Lipinski definition) is 1. The van der Waals surface area contributed by atoms with E-state index in [-0.39, 0.29) is 11.1 Å². The van der Waals surface area contributed by atoms with Crippen LogP contribution in [0.4, 0.5) is 16.2 Å². The standard InChI is InChI=1S/C27H31N3O3/c1-7-29-23-12-17(3)19(13-21(23)18(4)15-27(29,5)6)14-22-24(31)28-26(33)30(25(22)32)20-10-8-9-16(2)11-20/h8-14,18H,7,15H2,1-6H3,(H,28,31,33)/b22-14+. The molecule has 1 atom stereocenters. The van der Waals surface area contributed by atoms with Gasteiger partial charge in [-0.05, 0) is 99.6 Å². The van der Waals surface area contributed by atoms with E-state index >= 15 is 0 Å². The summed E-state index contributed by atoms with van der Waals surface area (Å²) in [6, 6.07) is 10.6. The Balaban J connectivity index is 1.78. The molecule has 1 fully saturated rings. The van der Waals surface area contributed by atoms with Crippen LogP contribution in [-0.4, -0.2) is 29.9 Å². The molecule has 4 amide bonds. The average molecular weight is 446 g/mol. The minimum absolute atomic E-state index is 0.0460. The van der Waals surface area contributed by atoms with Crippen molar-refractivity contribution in [3.8, 4) is 0 Å². The monoisotopic (exact) mass is 445 g/mol. The van der Waals surface area contributed by atoms with Gasteiger partial charge in [0.1, 0.15) is 5.57 Å². The van der Waals surface area contributed by atoms with Gasteiger partial charge in [0.15, 0.2) is 0 Å². The van der Waals surface area contributed by atoms with E-state index in [9.17, 15) is 14.4 Å². The first-order chi connectivity index (χ1) is 15.5. The highest BCUT2D eigenvalue weighted by molar-refractivity contribution is 6.39. The number of rotatable bonds is 3. The molecule has 1 N–H and O–H groups in total. The number of hydrogen-bond acceptors (Lipinski definition) is 4. The number of anilines is 2. The van der Waals surface area contributed by atoms with E-state index in [0.29, 0.717) is 11.6 Å². The zero-order valence-corrected chi connectivity index (χ0v) is 20.2. The van der Waals surface area contributed by atoms with E-state index in [1.807, 2.05) is 19.9 Å². The van der Waals surface area contributed by atoms with Crippen molar-refractivity contribution in [1.82, 2.24) is 5.32 Å². The number of nitrogens with zero attached hydrogens (tertiary/aromatic N) is 2. The Morgan fingerprint density at radius 3 is 2.52 bits per heavy atom. The summed E-state index contributed by atoms with van der Waals surface area (Å²) in [4.78, 5) is 41.9. The van der Waals surface area contributed by atoms with Crippen molar-refractivity contribution in [3.05, 3.63) is 64.2 Å². The maximum atomic E-state index is 13.3. The molecule has 172 valence electrons. The first-order valence-corrected chi connectivity index (χ1v) is 11.4. The molecular formula is C27H31N3O3. The highest BCUT2D eigenvalue weighted by atomic mass is 16.2. The fourth-order valence-corrected chi connectivity index (χ4v) is 5.22. The van der Waals surface area contributed by atoms with Crippen LogP contribution in [0.5, 0.6) is 0 Å². The van der Waals surface area contributed by atoms with Gasteiger partial charge in [-0.2, -0.15) is 0 Å². The molecule has 6 heteroatoms. The zero-order chi connectivity index (χ0) is 24.1. The van der Waals surface area contributed by atoms with Crippen LogP contribution in [0.15, 0.2) is 42.0 Å². The van der Waals surface area contributed by atoms with Crippen molar-refractivity contribution in [2.45, 2.75) is 59.4 Å². The van der Waals surface area contributed by atoms with Gasteiger partial charge < -0.3 is 4.90 Å². The van der Waals surface area contributed by atoms with Crippen LogP contribution in [0, 0.1) is 13.8 Å². The summed E-state index contributed by atoms with van der Waals surface area (Å²) < 4.78 is 0. The molecule has 6 nitrogen and oxygen atoms in total. The molecule has 0 bridgehead atoms. The maximum Gasteiger partial charge on any atom is 0.335 e. The van der Waals surface area contributed by atoms with Gasteiger partial charge >= 0.3 is 6.03 Å². The summed E-state index contributed by atoms with van der Waals surface area (Å²) in [6.07, 6.45) is 2.63. The number of carbonyl (C=O) groups excluding carboxylic acids is 3. The molecule has 1 saturated heterocycles. The number of fused-ring (bicyclic) bond motifs is 1. The van der Waals surface area contributed by atoms with Gasteiger partial charge in [0.2, 0.25) is 0 Å². The molecule has 2 aromatic carbocycles. The van der Waals surface area contributed by atoms with Gasteiger partial charge in [0.25, 0.3) is 11.8 Å². The lowest BCUT2D eigenvalue weighted by molar-refractivity contribution is -0.122. The molecule has 33 heavy (non-hydrogen) atoms. The molecule has 4 rings (SSSR count). The van der Waals surface area contributed by atoms with Crippen LogP contribution in [0.1, 0.15) is 62.3 Å². The largest absolute Gasteiger partial charge is 0.366 e. The van der Waals surface area contributed by atoms with E-state index < -0.39 is 17.8 Å². The van der Waals surface area contributed by atoms with Crippen LogP contribution in [0.3, 0.4) is 0 Å². The maximum absolute atomic E-state index is 13.3. The Morgan fingerprint density at radius 1 is 1.12 bits per heavy atom. The van der Waals surface area contributed by atoms with E-state index in [2.05, 4.69) is 50.0 Å². The van der Waals surface area contributed by atoms with Crippen molar-refractivity contribution in [2.75, 3.05) is 16.3 Å². The van der Waals surface area contributed by atoms with Gasteiger partial charge in [0.05, 0.1) is 5.69 Å². The number of urea groups is 1. The number of aryl methyl sites for hydroxylation is 2. The predicted molar refractivity (Wildman–Crippen MR) is 131 cm³/mol. The second-order valence-electron chi connectivity index (χ2n) is 9.73. The van der Waals surface area contributed by atoms with E-state index in [1.54, 1.807) is 24.3 Å². The van der Waals surface area contributed by atoms with Gasteiger partial charge in [0, 0.05) is 17.8 Å². The molecule has 0 radical (unpaired) electrons. The van der Waals surface area contributed by atoms with Crippen molar-refractivity contribution < 1.29 is 14.4 Å². The Kier molecular flexibility index (Phi) is 5.64. The Morgan fingerprint density at radius 2 is 1.85 bits per heavy atom. The van der Waals surface area contributed by atoms with Crippen molar-refractivity contribution in [2.24, 2.45) is 0 Å². The minimum Gasteiger partial charge on any atom is -0.366 e. The number of benzene rings is 2. The molecule has 0 aromatic heterocycles. The summed E-state index contributed by atoms with van der Waals surface area (Å²) in [6.45, 7) is 13.7. The van der Waals surface area contributed by atoms with Gasteiger partial charge in [-0.25, -0.2) is 9.69 Å². The lowest BCUT2D eigenvalue weighted by atomic mass is 9.79. The van der Waals surface area contributed by atoms with E-state index in [1.165, 1.54) is 11.3 Å². The fraction of sp³-hybridized carbons (Fsp3) is 0.370. The fourth-order valence-electron chi connectivity index (χ4n) is 5.22. The number of imide groups is 2. The second-order valence-corrected chi connectivity index (χ2v) is 9.73. The van der Waals surface area contributed by atoms with Crippen LogP contribution >= 0.6 is 0 Å². The molecule has 0 aliphatic carbocycles. The Bertz CT molecular complexity index is 1200. The SMILES string of the molecule is CCN1c2cc(C)c(/C=C3\C(=O)NC(=O)N(c4cccc(C)c4)C3=O)cc2C(C)CC1(C)C. The van der Waals surface area contributed by atoms with Crippen molar-refractivity contribution >= 4 is 35.3 Å². The lowest BCUT2D eigenvalue weighted by Crippen LogP contribution is -2.54. The number of barbiturate groups is 1. The summed E-state index contributed by atoms with van der Waals surface area (Å²) in [5, 5.41) is 2.32. The number of nitrogens with one attached hydrogen (secondary N) is 1. The smallest absolute Gasteiger partial charge is 0.335 e. The Hall–Kier alpha value is -3.41. The molecule has 2 aromatic rings. The zero-order valence-electron chi connectivity index (χ0n) is 20.2. The van der Waals surface area contributed by atoms with Crippen LogP contribution in [0.2, 0.25) is 0 Å². The molecule has 0 spiro atoms. The molecule has 1 unspecified atom stereocenters. The summed E-state index contributed by atoms with van der Waals surface area (Å²) in [5.41, 5.74) is 5.57. The summed E-state index contributed by atoms with van der Waals surface area (Å²) in [7, 11) is 0. The molecule has 2 aliphatic rings. The first kappa shape index (κ1) is 22.8. The van der Waals surface area contributed by atoms with Gasteiger partial charge in [-0.1, -0.05) is 19.1 Å². The first-order valence-electron chi connectivity index (χ1n) is 11.4. The quantitative estimate of drug-likeness (QED) is 0.528. The van der Waals surface area contributed by atoms with E-state index in [4.69, 9.17) is 0 Å². The third-order valence-corrected chi connectivity index (χ3v) is 6.75. The minimum atomic E-state index is -0.732. The third kappa shape index (κ3) is 3.94. The molecule has 2 aliphatic heterocycles. The average Bonchev–Trinajstić information content (AvgIpc) is 2.71. The predicted octanol–water partition coefficient (Wildman–Crippen LogP) is 5.08. The Labute approximate surface area is 195 Å². The topological polar surface area (TPSA) is 69.7 Å². The van der Waals surface area contributed by atoms with Crippen LogP contribution < -0.4 is 15.1 Å². The summed E-state index contributed by atoms with van der Waals surface area (Å²) in [5.74, 6) is -0.942. The van der Waals surface area contributed by atoms with E-state index in [0.717, 1.165) is 34.6 Å². The van der Waals surface area contributed by atoms with Crippen LogP contribution in [-0.2, 0) is 9.59 Å². The highest BCUT2D eigenvalue weighted by Crippen LogP contribution is 2.44. The number of amides is 4. The molecule has 2 heterocycles. The summed E-state index contributed by atoms with van der Waals surface area (Å²) >= 11 is 0. The third-order valence-electron chi connectivity index (χ3n) is 6.75. The highest BCUT2D eigenvalue weighted by Gasteiger charge is 2.38. The lowest BCUT2D eigenvalue weighted by Gasteiger charge is -2.47. The van der Waals surface area contributed by atoms with Gasteiger partial charge in [-0.3, -0.25) is 14.9 Å². The molecular weight excluding hydrogens is 414 g/mol. The molecule has 0 saturated carbocycles. The van der Waals surface area contributed by atoms with Crippen molar-refractivity contribution in [1.29, 1.82) is 0 Å². The van der Waals surface area contributed by atoms with Crippen LogP contribution in [0.25, 0.3) is 6.08 Å². The normalized spacial score (nSPS) is 21.3. The van der Waals surface area contributed by atoms with Crippen molar-refractivity contribution in [3.63, 3.8) is 0 Å².